The van der Waals surface area contributed by atoms with Crippen molar-refractivity contribution in [2.75, 3.05) is 6.54 Å². The van der Waals surface area contributed by atoms with Gasteiger partial charge in [0.15, 0.2) is 0 Å². The largest absolute Gasteiger partial charge is 0.391 e. The second-order valence-electron chi connectivity index (χ2n) is 3.43. The Kier molecular flexibility index (Phi) is 2.31. The summed E-state index contributed by atoms with van der Waals surface area (Å²) in [4.78, 5) is 0. The van der Waals surface area contributed by atoms with Crippen LogP contribution in [0.25, 0.3) is 0 Å². The van der Waals surface area contributed by atoms with Gasteiger partial charge in [-0.1, -0.05) is 24.3 Å². The standard InChI is InChI=1S/C11H15N/c1-2-5-10(6-3-1)11-7-4-8-12-9-11/h1-3,5,9-10,12H,4,6-8H2. The van der Waals surface area contributed by atoms with Crippen molar-refractivity contribution in [1.29, 1.82) is 0 Å². The van der Waals surface area contributed by atoms with Crippen molar-refractivity contribution < 1.29 is 0 Å². The zero-order chi connectivity index (χ0) is 8.23. The average Bonchev–Trinajstić information content (AvgIpc) is 2.21. The molecule has 1 N–H and O–H groups in total. The molecule has 2 aliphatic rings. The highest BCUT2D eigenvalue weighted by Gasteiger charge is 2.12. The second-order valence-corrected chi connectivity index (χ2v) is 3.43. The average molecular weight is 161 g/mol. The van der Waals surface area contributed by atoms with Crippen LogP contribution in [0.15, 0.2) is 36.1 Å². The lowest BCUT2D eigenvalue weighted by Crippen LogP contribution is -2.17. The smallest absolute Gasteiger partial charge is 0.0144 e. The Hall–Kier alpha value is -0.980. The molecule has 1 heteroatoms. The molecule has 1 unspecified atom stereocenters. The maximum atomic E-state index is 3.31. The lowest BCUT2D eigenvalue weighted by atomic mass is 9.89. The normalized spacial score (nSPS) is 28.0. The molecule has 0 bridgehead atoms. The second kappa shape index (κ2) is 3.61. The van der Waals surface area contributed by atoms with Gasteiger partial charge in [0.25, 0.3) is 0 Å². The van der Waals surface area contributed by atoms with Crippen LogP contribution in [0, 0.1) is 5.92 Å². The fourth-order valence-corrected chi connectivity index (χ4v) is 1.82. The van der Waals surface area contributed by atoms with E-state index in [0.717, 1.165) is 6.54 Å². The highest BCUT2D eigenvalue weighted by molar-refractivity contribution is 5.22. The van der Waals surface area contributed by atoms with E-state index in [1.54, 1.807) is 5.57 Å². The van der Waals surface area contributed by atoms with Gasteiger partial charge in [0.2, 0.25) is 0 Å². The van der Waals surface area contributed by atoms with Gasteiger partial charge >= 0.3 is 0 Å². The molecular weight excluding hydrogens is 146 g/mol. The zero-order valence-corrected chi connectivity index (χ0v) is 7.29. The molecule has 0 amide bonds. The van der Waals surface area contributed by atoms with Crippen LogP contribution in [0.5, 0.6) is 0 Å². The van der Waals surface area contributed by atoms with Crippen molar-refractivity contribution in [3.63, 3.8) is 0 Å². The van der Waals surface area contributed by atoms with Crippen molar-refractivity contribution in [2.24, 2.45) is 5.92 Å². The summed E-state index contributed by atoms with van der Waals surface area (Å²) in [5.74, 6) is 0.669. The van der Waals surface area contributed by atoms with Crippen LogP contribution in [0.1, 0.15) is 19.3 Å². The van der Waals surface area contributed by atoms with Gasteiger partial charge in [-0.05, 0) is 31.0 Å². The van der Waals surface area contributed by atoms with Crippen molar-refractivity contribution >= 4 is 0 Å². The molecular formula is C11H15N. The van der Waals surface area contributed by atoms with E-state index in [1.807, 2.05) is 0 Å². The third-order valence-corrected chi connectivity index (χ3v) is 2.53. The molecule has 0 spiro atoms. The third kappa shape index (κ3) is 1.60. The van der Waals surface area contributed by atoms with E-state index in [4.69, 9.17) is 0 Å². The highest BCUT2D eigenvalue weighted by atomic mass is 14.8. The fourth-order valence-electron chi connectivity index (χ4n) is 1.82. The molecule has 12 heavy (non-hydrogen) atoms. The Morgan fingerprint density at radius 3 is 3.00 bits per heavy atom. The van der Waals surface area contributed by atoms with E-state index in [-0.39, 0.29) is 0 Å². The summed E-state index contributed by atoms with van der Waals surface area (Å²) in [6, 6.07) is 0. The molecule has 1 atom stereocenters. The molecule has 0 radical (unpaired) electrons. The first-order valence-corrected chi connectivity index (χ1v) is 4.72. The summed E-state index contributed by atoms with van der Waals surface area (Å²) >= 11 is 0. The maximum absolute atomic E-state index is 3.31. The molecule has 0 aromatic heterocycles. The van der Waals surface area contributed by atoms with Gasteiger partial charge in [0.05, 0.1) is 0 Å². The predicted molar refractivity (Wildman–Crippen MR) is 51.7 cm³/mol. The topological polar surface area (TPSA) is 12.0 Å². The van der Waals surface area contributed by atoms with Crippen LogP contribution >= 0.6 is 0 Å². The minimum Gasteiger partial charge on any atom is -0.391 e. The molecule has 1 aliphatic carbocycles. The number of hydrogen-bond donors (Lipinski definition) is 1. The van der Waals surface area contributed by atoms with Gasteiger partial charge in [0.1, 0.15) is 0 Å². The summed E-state index contributed by atoms with van der Waals surface area (Å²) in [5.41, 5.74) is 1.57. The van der Waals surface area contributed by atoms with E-state index >= 15 is 0 Å². The molecule has 0 saturated carbocycles. The zero-order valence-electron chi connectivity index (χ0n) is 7.29. The van der Waals surface area contributed by atoms with Gasteiger partial charge in [-0.3, -0.25) is 0 Å². The predicted octanol–water partition coefficient (Wildman–Crippen LogP) is 2.39. The van der Waals surface area contributed by atoms with Crippen molar-refractivity contribution in [3.05, 3.63) is 36.1 Å². The Morgan fingerprint density at radius 1 is 1.33 bits per heavy atom. The molecule has 0 saturated heterocycles. The van der Waals surface area contributed by atoms with Crippen LogP contribution in [0.3, 0.4) is 0 Å². The van der Waals surface area contributed by atoms with Crippen molar-refractivity contribution in [3.8, 4) is 0 Å². The van der Waals surface area contributed by atoms with E-state index < -0.39 is 0 Å². The Labute approximate surface area is 73.9 Å². The Morgan fingerprint density at radius 2 is 2.33 bits per heavy atom. The van der Waals surface area contributed by atoms with Crippen LogP contribution in [0.4, 0.5) is 0 Å². The van der Waals surface area contributed by atoms with Crippen LogP contribution in [-0.4, -0.2) is 6.54 Å². The monoisotopic (exact) mass is 161 g/mol. The highest BCUT2D eigenvalue weighted by Crippen LogP contribution is 2.25. The summed E-state index contributed by atoms with van der Waals surface area (Å²) in [7, 11) is 0. The molecule has 2 rings (SSSR count). The van der Waals surface area contributed by atoms with Gasteiger partial charge < -0.3 is 5.32 Å². The fraction of sp³-hybridized carbons (Fsp3) is 0.455. The Balaban J connectivity index is 2.03. The summed E-state index contributed by atoms with van der Waals surface area (Å²) in [6.45, 7) is 1.15. The summed E-state index contributed by atoms with van der Waals surface area (Å²) < 4.78 is 0. The van der Waals surface area contributed by atoms with E-state index in [0.29, 0.717) is 5.92 Å². The molecule has 0 aromatic carbocycles. The van der Waals surface area contributed by atoms with E-state index in [1.165, 1.54) is 19.3 Å². The van der Waals surface area contributed by atoms with Gasteiger partial charge in [-0.15, -0.1) is 0 Å². The van der Waals surface area contributed by atoms with Crippen LogP contribution < -0.4 is 5.32 Å². The lowest BCUT2D eigenvalue weighted by molar-refractivity contribution is 0.621. The van der Waals surface area contributed by atoms with Crippen LogP contribution in [-0.2, 0) is 0 Å². The number of rotatable bonds is 1. The number of allylic oxidation sites excluding steroid dienone is 5. The van der Waals surface area contributed by atoms with E-state index in [9.17, 15) is 0 Å². The van der Waals surface area contributed by atoms with E-state index in [2.05, 4.69) is 35.8 Å². The number of nitrogens with one attached hydrogen (secondary N) is 1. The van der Waals surface area contributed by atoms with Crippen molar-refractivity contribution in [1.82, 2.24) is 5.32 Å². The molecule has 64 valence electrons. The molecule has 1 nitrogen and oxygen atoms in total. The summed E-state index contributed by atoms with van der Waals surface area (Å²) in [6.07, 6.45) is 14.8. The minimum atomic E-state index is 0.669. The SMILES string of the molecule is C1=CCC(C2=CNCCC2)C=C1. The number of hydrogen-bond acceptors (Lipinski definition) is 1. The van der Waals surface area contributed by atoms with Gasteiger partial charge in [-0.25, -0.2) is 0 Å². The minimum absolute atomic E-state index is 0.669. The van der Waals surface area contributed by atoms with Gasteiger partial charge in [-0.2, -0.15) is 0 Å². The first kappa shape index (κ1) is 7.66. The third-order valence-electron chi connectivity index (χ3n) is 2.53. The maximum Gasteiger partial charge on any atom is 0.0144 e. The summed E-state index contributed by atoms with van der Waals surface area (Å²) in [5, 5.41) is 3.31. The quantitative estimate of drug-likeness (QED) is 0.622. The van der Waals surface area contributed by atoms with Crippen LogP contribution in [0.2, 0.25) is 0 Å². The van der Waals surface area contributed by atoms with Gasteiger partial charge in [0, 0.05) is 12.5 Å². The molecule has 0 fully saturated rings. The Bertz CT molecular complexity index is 235. The molecule has 1 aliphatic heterocycles. The lowest BCUT2D eigenvalue weighted by Gasteiger charge is -2.21. The van der Waals surface area contributed by atoms with Crippen molar-refractivity contribution in [2.45, 2.75) is 19.3 Å². The molecule has 0 aromatic rings. The first-order chi connectivity index (χ1) is 5.97. The first-order valence-electron chi connectivity index (χ1n) is 4.72. The molecule has 1 heterocycles.